The Morgan fingerprint density at radius 2 is 1.92 bits per heavy atom. The van der Waals surface area contributed by atoms with E-state index in [1.807, 2.05) is 0 Å². The molecule has 1 spiro atoms. The van der Waals surface area contributed by atoms with Crippen molar-refractivity contribution in [2.45, 2.75) is 36.2 Å². The molecule has 7 nitrogen and oxygen atoms in total. The molecule has 1 atom stereocenters. The highest BCUT2D eigenvalue weighted by Gasteiger charge is 2.53. The number of aryl methyl sites for hydroxylation is 1. The Balaban J connectivity index is 1.37. The molecular weight excluding hydrogens is 340 g/mol. The lowest BCUT2D eigenvalue weighted by Crippen LogP contribution is -2.72. The Kier molecular flexibility index (Phi) is 4.42. The molecule has 0 N–H and O–H groups in total. The lowest BCUT2D eigenvalue weighted by Gasteiger charge is -2.57. The first-order valence-corrected chi connectivity index (χ1v) is 10.6. The molecular formula is C17H28N4O3S. The van der Waals surface area contributed by atoms with Crippen molar-refractivity contribution in [1.29, 1.82) is 0 Å². The Morgan fingerprint density at radius 1 is 1.20 bits per heavy atom. The average molecular weight is 369 g/mol. The zero-order chi connectivity index (χ0) is 17.7. The van der Waals surface area contributed by atoms with E-state index in [1.54, 1.807) is 22.1 Å². The largest absolute Gasteiger partial charge is 0.381 e. The van der Waals surface area contributed by atoms with E-state index >= 15 is 0 Å². The van der Waals surface area contributed by atoms with Crippen LogP contribution in [0.1, 0.15) is 25.7 Å². The van der Waals surface area contributed by atoms with Gasteiger partial charge in [0.15, 0.2) is 5.03 Å². The van der Waals surface area contributed by atoms with Gasteiger partial charge in [0.2, 0.25) is 0 Å². The normalized spacial score (nSPS) is 27.5. The zero-order valence-corrected chi connectivity index (χ0v) is 15.9. The summed E-state index contributed by atoms with van der Waals surface area (Å²) in [7, 11) is 0.425. The number of piperidine rings is 1. The minimum absolute atomic E-state index is 0.0340. The predicted octanol–water partition coefficient (Wildman–Crippen LogP) is 0.932. The van der Waals surface area contributed by atoms with Gasteiger partial charge in [-0.2, -0.15) is 4.31 Å². The fraction of sp³-hybridized carbons (Fsp3) is 0.824. The van der Waals surface area contributed by atoms with E-state index in [-0.39, 0.29) is 10.6 Å². The molecule has 1 aromatic heterocycles. The molecule has 3 heterocycles. The van der Waals surface area contributed by atoms with Crippen LogP contribution in [0, 0.1) is 11.8 Å². The Morgan fingerprint density at radius 3 is 2.56 bits per heavy atom. The fourth-order valence-corrected chi connectivity index (χ4v) is 5.61. The van der Waals surface area contributed by atoms with Crippen molar-refractivity contribution in [3.8, 4) is 0 Å². The number of likely N-dealkylation sites (N-methyl/N-ethyl adjacent to an activating group) is 1. The number of hydrogen-bond acceptors (Lipinski definition) is 5. The van der Waals surface area contributed by atoms with Crippen molar-refractivity contribution in [2.24, 2.45) is 18.9 Å². The Hall–Kier alpha value is -0.960. The van der Waals surface area contributed by atoms with Gasteiger partial charge >= 0.3 is 0 Å². The van der Waals surface area contributed by atoms with Crippen molar-refractivity contribution < 1.29 is 13.2 Å². The zero-order valence-electron chi connectivity index (χ0n) is 15.1. The molecule has 3 fully saturated rings. The molecule has 8 heteroatoms. The number of nitrogens with zero attached hydrogens (tertiary/aromatic N) is 4. The SMILES string of the molecule is CN1CCC(COCC2CC2)CC12CN(S(=O)(=O)c1cn(C)cn1)C2. The van der Waals surface area contributed by atoms with E-state index in [2.05, 4.69) is 16.9 Å². The summed E-state index contributed by atoms with van der Waals surface area (Å²) < 4.78 is 34.5. The summed E-state index contributed by atoms with van der Waals surface area (Å²) in [5, 5.41) is 0.146. The molecule has 2 saturated heterocycles. The van der Waals surface area contributed by atoms with Crippen LogP contribution in [0.3, 0.4) is 0 Å². The molecule has 4 rings (SSSR count). The molecule has 0 aromatic carbocycles. The highest BCUT2D eigenvalue weighted by atomic mass is 32.2. The van der Waals surface area contributed by atoms with Gasteiger partial charge in [0.1, 0.15) is 0 Å². The predicted molar refractivity (Wildman–Crippen MR) is 93.6 cm³/mol. The van der Waals surface area contributed by atoms with Crippen molar-refractivity contribution in [1.82, 2.24) is 18.8 Å². The van der Waals surface area contributed by atoms with Crippen molar-refractivity contribution in [3.05, 3.63) is 12.5 Å². The lowest BCUT2D eigenvalue weighted by atomic mass is 9.77. The first-order chi connectivity index (χ1) is 11.9. The molecule has 1 unspecified atom stereocenters. The van der Waals surface area contributed by atoms with Crippen LogP contribution >= 0.6 is 0 Å². The maximum absolute atomic E-state index is 12.7. The summed E-state index contributed by atoms with van der Waals surface area (Å²) >= 11 is 0. The van der Waals surface area contributed by atoms with Gasteiger partial charge in [-0.25, -0.2) is 13.4 Å². The van der Waals surface area contributed by atoms with Gasteiger partial charge in [-0.05, 0) is 51.1 Å². The average Bonchev–Trinajstić information content (AvgIpc) is 3.25. The number of aromatic nitrogens is 2. The molecule has 25 heavy (non-hydrogen) atoms. The van der Waals surface area contributed by atoms with Crippen LogP contribution in [-0.2, 0) is 21.8 Å². The second kappa shape index (κ2) is 6.33. The lowest BCUT2D eigenvalue weighted by molar-refractivity contribution is -0.0592. The second-order valence-corrected chi connectivity index (χ2v) is 10.0. The number of ether oxygens (including phenoxy) is 1. The summed E-state index contributed by atoms with van der Waals surface area (Å²) in [4.78, 5) is 6.36. The van der Waals surface area contributed by atoms with Crippen LogP contribution < -0.4 is 0 Å². The Labute approximate surface area is 150 Å². The van der Waals surface area contributed by atoms with Gasteiger partial charge in [0.25, 0.3) is 10.0 Å². The highest BCUT2D eigenvalue weighted by molar-refractivity contribution is 7.89. The summed E-state index contributed by atoms with van der Waals surface area (Å²) in [6, 6.07) is 0. The number of rotatable bonds is 6. The van der Waals surface area contributed by atoms with E-state index in [9.17, 15) is 8.42 Å². The van der Waals surface area contributed by atoms with Crippen LogP contribution in [0.5, 0.6) is 0 Å². The van der Waals surface area contributed by atoms with Crippen molar-refractivity contribution in [2.75, 3.05) is 39.9 Å². The quantitative estimate of drug-likeness (QED) is 0.747. The number of imidazole rings is 1. The summed E-state index contributed by atoms with van der Waals surface area (Å²) in [6.45, 7) is 3.84. The van der Waals surface area contributed by atoms with Crippen molar-refractivity contribution >= 4 is 10.0 Å². The molecule has 3 aliphatic rings. The summed E-state index contributed by atoms with van der Waals surface area (Å²) in [5.74, 6) is 1.33. The number of sulfonamides is 1. The van der Waals surface area contributed by atoms with Crippen LogP contribution in [-0.4, -0.2) is 72.6 Å². The second-order valence-electron chi connectivity index (χ2n) is 8.14. The molecule has 0 radical (unpaired) electrons. The summed E-state index contributed by atoms with van der Waals surface area (Å²) in [6.07, 6.45) is 7.88. The molecule has 1 aromatic rings. The smallest absolute Gasteiger partial charge is 0.262 e. The maximum Gasteiger partial charge on any atom is 0.262 e. The maximum atomic E-state index is 12.7. The van der Waals surface area contributed by atoms with Gasteiger partial charge < -0.3 is 9.30 Å². The number of likely N-dealkylation sites (tertiary alicyclic amines) is 1. The standard InChI is InChI=1S/C17H28N4O3S/c1-19-8-16(18-13-19)25(22,23)21-11-17(12-21)7-15(5-6-20(17)2)10-24-9-14-3-4-14/h8,13-15H,3-7,9-12H2,1-2H3. The van der Waals surface area contributed by atoms with E-state index < -0.39 is 10.0 Å². The fourth-order valence-electron chi connectivity index (χ4n) is 4.04. The van der Waals surface area contributed by atoms with Gasteiger partial charge in [0.05, 0.1) is 6.33 Å². The van der Waals surface area contributed by atoms with Crippen LogP contribution in [0.2, 0.25) is 0 Å². The van der Waals surface area contributed by atoms with E-state index in [4.69, 9.17) is 4.74 Å². The van der Waals surface area contributed by atoms with Gasteiger partial charge in [-0.15, -0.1) is 0 Å². The van der Waals surface area contributed by atoms with E-state index in [0.29, 0.717) is 19.0 Å². The third-order valence-corrected chi connectivity index (χ3v) is 7.66. The molecule has 1 saturated carbocycles. The van der Waals surface area contributed by atoms with Crippen molar-refractivity contribution in [3.63, 3.8) is 0 Å². The summed E-state index contributed by atoms with van der Waals surface area (Å²) in [5.41, 5.74) is -0.0340. The van der Waals surface area contributed by atoms with Crippen LogP contribution in [0.25, 0.3) is 0 Å². The van der Waals surface area contributed by atoms with Gasteiger partial charge in [0, 0.05) is 45.1 Å². The number of hydrogen-bond donors (Lipinski definition) is 0. The molecule has 0 bridgehead atoms. The van der Waals surface area contributed by atoms with Gasteiger partial charge in [-0.3, -0.25) is 4.90 Å². The topological polar surface area (TPSA) is 67.7 Å². The minimum atomic E-state index is -3.47. The van der Waals surface area contributed by atoms with Gasteiger partial charge in [-0.1, -0.05) is 0 Å². The van der Waals surface area contributed by atoms with Crippen LogP contribution in [0.15, 0.2) is 17.6 Å². The molecule has 1 aliphatic carbocycles. The van der Waals surface area contributed by atoms with E-state index in [1.165, 1.54) is 19.2 Å². The third-order valence-electron chi connectivity index (χ3n) is 5.98. The first kappa shape index (κ1) is 17.5. The molecule has 140 valence electrons. The minimum Gasteiger partial charge on any atom is -0.381 e. The first-order valence-electron chi connectivity index (χ1n) is 9.16. The third kappa shape index (κ3) is 3.37. The monoisotopic (exact) mass is 368 g/mol. The van der Waals surface area contributed by atoms with E-state index in [0.717, 1.165) is 38.5 Å². The highest BCUT2D eigenvalue weighted by Crippen LogP contribution is 2.40. The van der Waals surface area contributed by atoms with Crippen LogP contribution in [0.4, 0.5) is 0 Å². The Bertz CT molecular complexity index is 722. The molecule has 0 amide bonds. The molecule has 2 aliphatic heterocycles.